The Balaban J connectivity index is 2.32. The zero-order valence-corrected chi connectivity index (χ0v) is 9.59. The van der Waals surface area contributed by atoms with Crippen LogP contribution in [-0.4, -0.2) is 22.9 Å². The summed E-state index contributed by atoms with van der Waals surface area (Å²) in [5, 5.41) is 9.26. The SMILES string of the molecule is N[C@H](CSCc1ccc(Cl)cc1)C(=O)O. The highest BCUT2D eigenvalue weighted by Gasteiger charge is 2.10. The van der Waals surface area contributed by atoms with Crippen molar-refractivity contribution in [2.45, 2.75) is 11.8 Å². The van der Waals surface area contributed by atoms with Crippen LogP contribution in [0.15, 0.2) is 24.3 Å². The summed E-state index contributed by atoms with van der Waals surface area (Å²) in [6, 6.07) is 6.68. The molecule has 0 aliphatic rings. The van der Waals surface area contributed by atoms with Crippen LogP contribution in [0.4, 0.5) is 0 Å². The molecule has 1 rings (SSSR count). The van der Waals surface area contributed by atoms with Gasteiger partial charge in [-0.25, -0.2) is 0 Å². The zero-order chi connectivity index (χ0) is 11.3. The Labute approximate surface area is 97.6 Å². The molecular formula is C10H12ClNO2S. The third-order valence-electron chi connectivity index (χ3n) is 1.80. The van der Waals surface area contributed by atoms with Crippen LogP contribution in [0, 0.1) is 0 Å². The molecule has 0 fully saturated rings. The number of rotatable bonds is 5. The monoisotopic (exact) mass is 245 g/mol. The zero-order valence-electron chi connectivity index (χ0n) is 8.02. The molecule has 0 saturated heterocycles. The Morgan fingerprint density at radius 2 is 2.07 bits per heavy atom. The summed E-state index contributed by atoms with van der Waals surface area (Å²) in [5.41, 5.74) is 6.48. The standard InChI is InChI=1S/C10H12ClNO2S/c11-8-3-1-7(2-4-8)5-15-6-9(12)10(13)14/h1-4,9H,5-6,12H2,(H,13,14)/t9-/m1/s1. The molecule has 3 nitrogen and oxygen atoms in total. The lowest BCUT2D eigenvalue weighted by atomic mass is 10.2. The van der Waals surface area contributed by atoms with Crippen LogP contribution in [0.5, 0.6) is 0 Å². The van der Waals surface area contributed by atoms with E-state index in [1.165, 1.54) is 11.8 Å². The van der Waals surface area contributed by atoms with Gasteiger partial charge in [0.15, 0.2) is 0 Å². The number of carbonyl (C=O) groups is 1. The molecular weight excluding hydrogens is 234 g/mol. The van der Waals surface area contributed by atoms with E-state index in [0.717, 1.165) is 11.3 Å². The first kappa shape index (κ1) is 12.4. The molecule has 1 aromatic rings. The minimum atomic E-state index is -0.960. The molecule has 1 aromatic carbocycles. The van der Waals surface area contributed by atoms with E-state index in [-0.39, 0.29) is 0 Å². The van der Waals surface area contributed by atoms with E-state index in [2.05, 4.69) is 0 Å². The summed E-state index contributed by atoms with van der Waals surface area (Å²) in [6.07, 6.45) is 0. The Bertz CT molecular complexity index is 329. The van der Waals surface area contributed by atoms with Crippen molar-refractivity contribution >= 4 is 29.3 Å². The number of halogens is 1. The molecule has 0 spiro atoms. The number of carboxylic acid groups (broad SMARTS) is 1. The molecule has 5 heteroatoms. The molecule has 0 aromatic heterocycles. The molecule has 0 radical (unpaired) electrons. The van der Waals surface area contributed by atoms with E-state index >= 15 is 0 Å². The number of aliphatic carboxylic acids is 1. The van der Waals surface area contributed by atoms with E-state index < -0.39 is 12.0 Å². The lowest BCUT2D eigenvalue weighted by Crippen LogP contribution is -2.32. The fourth-order valence-corrected chi connectivity index (χ4v) is 2.02. The van der Waals surface area contributed by atoms with Gasteiger partial charge in [0, 0.05) is 16.5 Å². The molecule has 0 aliphatic carbocycles. The van der Waals surface area contributed by atoms with Crippen LogP contribution in [0.25, 0.3) is 0 Å². The van der Waals surface area contributed by atoms with E-state index in [1.54, 1.807) is 0 Å². The number of hydrogen-bond donors (Lipinski definition) is 2. The number of thioether (sulfide) groups is 1. The van der Waals surface area contributed by atoms with Crippen LogP contribution in [-0.2, 0) is 10.5 Å². The van der Waals surface area contributed by atoms with Gasteiger partial charge in [0.05, 0.1) is 0 Å². The summed E-state index contributed by atoms with van der Waals surface area (Å²) in [5.74, 6) is 0.203. The average Bonchev–Trinajstić information content (AvgIpc) is 2.20. The van der Waals surface area contributed by atoms with Gasteiger partial charge in [-0.3, -0.25) is 4.79 Å². The first-order valence-electron chi connectivity index (χ1n) is 4.40. The van der Waals surface area contributed by atoms with Gasteiger partial charge in [-0.15, -0.1) is 0 Å². The second kappa shape index (κ2) is 6.00. The summed E-state index contributed by atoms with van der Waals surface area (Å²) >= 11 is 7.23. The highest BCUT2D eigenvalue weighted by atomic mass is 35.5. The minimum Gasteiger partial charge on any atom is -0.480 e. The van der Waals surface area contributed by atoms with Gasteiger partial charge in [-0.05, 0) is 17.7 Å². The molecule has 0 saturated carbocycles. The van der Waals surface area contributed by atoms with Gasteiger partial charge in [0.1, 0.15) is 6.04 Å². The van der Waals surface area contributed by atoms with Crippen molar-refractivity contribution in [3.8, 4) is 0 Å². The number of hydrogen-bond acceptors (Lipinski definition) is 3. The van der Waals surface area contributed by atoms with E-state index in [4.69, 9.17) is 22.4 Å². The quantitative estimate of drug-likeness (QED) is 0.833. The maximum Gasteiger partial charge on any atom is 0.321 e. The molecule has 0 bridgehead atoms. The molecule has 3 N–H and O–H groups in total. The second-order valence-electron chi connectivity index (χ2n) is 3.09. The van der Waals surface area contributed by atoms with Crippen molar-refractivity contribution in [2.24, 2.45) is 5.73 Å². The molecule has 1 atom stereocenters. The van der Waals surface area contributed by atoms with Gasteiger partial charge in [0.2, 0.25) is 0 Å². The van der Waals surface area contributed by atoms with Gasteiger partial charge in [-0.1, -0.05) is 23.7 Å². The molecule has 0 unspecified atom stereocenters. The van der Waals surface area contributed by atoms with Crippen molar-refractivity contribution in [2.75, 3.05) is 5.75 Å². The normalized spacial score (nSPS) is 12.4. The van der Waals surface area contributed by atoms with Gasteiger partial charge >= 0.3 is 5.97 Å². The lowest BCUT2D eigenvalue weighted by molar-refractivity contribution is -0.137. The van der Waals surface area contributed by atoms with Crippen LogP contribution < -0.4 is 5.73 Å². The number of nitrogens with two attached hydrogens (primary N) is 1. The summed E-state index contributed by atoms with van der Waals surface area (Å²) in [4.78, 5) is 10.4. The summed E-state index contributed by atoms with van der Waals surface area (Å²) < 4.78 is 0. The van der Waals surface area contributed by atoms with E-state index in [0.29, 0.717) is 10.8 Å². The highest BCUT2D eigenvalue weighted by molar-refractivity contribution is 7.98. The van der Waals surface area contributed by atoms with Crippen molar-refractivity contribution in [1.29, 1.82) is 0 Å². The average molecular weight is 246 g/mol. The smallest absolute Gasteiger partial charge is 0.321 e. The van der Waals surface area contributed by atoms with Crippen LogP contribution >= 0.6 is 23.4 Å². The summed E-state index contributed by atoms with van der Waals surface area (Å²) in [7, 11) is 0. The predicted molar refractivity (Wildman–Crippen MR) is 63.2 cm³/mol. The molecule has 15 heavy (non-hydrogen) atoms. The number of carboxylic acids is 1. The van der Waals surface area contributed by atoms with E-state index in [9.17, 15) is 4.79 Å². The third kappa shape index (κ3) is 4.55. The lowest BCUT2D eigenvalue weighted by Gasteiger charge is -2.05. The van der Waals surface area contributed by atoms with Crippen molar-refractivity contribution < 1.29 is 9.90 Å². The maximum atomic E-state index is 10.4. The highest BCUT2D eigenvalue weighted by Crippen LogP contribution is 2.15. The van der Waals surface area contributed by atoms with Crippen LogP contribution in [0.3, 0.4) is 0 Å². The third-order valence-corrected chi connectivity index (χ3v) is 3.18. The minimum absolute atomic E-state index is 0.415. The Morgan fingerprint density at radius 3 is 2.60 bits per heavy atom. The maximum absolute atomic E-state index is 10.4. The molecule has 0 aliphatic heterocycles. The molecule has 0 amide bonds. The Kier molecular flexibility index (Phi) is 4.94. The summed E-state index contributed by atoms with van der Waals surface area (Å²) in [6.45, 7) is 0. The topological polar surface area (TPSA) is 63.3 Å². The van der Waals surface area contributed by atoms with Crippen LogP contribution in [0.2, 0.25) is 5.02 Å². The van der Waals surface area contributed by atoms with Gasteiger partial charge in [0.25, 0.3) is 0 Å². The van der Waals surface area contributed by atoms with Crippen molar-refractivity contribution in [1.82, 2.24) is 0 Å². The predicted octanol–water partition coefficient (Wildman–Crippen LogP) is 1.99. The largest absolute Gasteiger partial charge is 0.480 e. The van der Waals surface area contributed by atoms with Gasteiger partial charge < -0.3 is 10.8 Å². The first-order valence-corrected chi connectivity index (χ1v) is 5.93. The Hall–Kier alpha value is -0.710. The molecule has 82 valence electrons. The van der Waals surface area contributed by atoms with Gasteiger partial charge in [-0.2, -0.15) is 11.8 Å². The second-order valence-corrected chi connectivity index (χ2v) is 4.55. The van der Waals surface area contributed by atoms with Crippen molar-refractivity contribution in [3.05, 3.63) is 34.9 Å². The fraction of sp³-hybridized carbons (Fsp3) is 0.300. The fourth-order valence-electron chi connectivity index (χ4n) is 0.956. The molecule has 0 heterocycles. The first-order chi connectivity index (χ1) is 7.09. The van der Waals surface area contributed by atoms with Crippen LogP contribution in [0.1, 0.15) is 5.56 Å². The van der Waals surface area contributed by atoms with E-state index in [1.807, 2.05) is 24.3 Å². The van der Waals surface area contributed by atoms with Crippen molar-refractivity contribution in [3.63, 3.8) is 0 Å². The Morgan fingerprint density at radius 1 is 1.47 bits per heavy atom. The number of benzene rings is 1.